The van der Waals surface area contributed by atoms with Crippen LogP contribution in [0.5, 0.6) is 5.75 Å². The highest BCUT2D eigenvalue weighted by molar-refractivity contribution is 8.26. The van der Waals surface area contributed by atoms with E-state index in [4.69, 9.17) is 12.2 Å². The van der Waals surface area contributed by atoms with Crippen molar-refractivity contribution in [2.75, 3.05) is 6.54 Å². The number of thioether (sulfide) groups is 1. The number of hydrogen-bond donors (Lipinski definition) is 1. The molecule has 0 spiro atoms. The molecule has 1 fully saturated rings. The number of aliphatic carboxylic acids is 1. The van der Waals surface area contributed by atoms with E-state index in [0.29, 0.717) is 35.0 Å². The number of phenols is 1. The molecule has 0 aromatic heterocycles. The Morgan fingerprint density at radius 2 is 2.13 bits per heavy atom. The number of carboxylic acids is 1. The molecule has 7 heteroatoms. The first kappa shape index (κ1) is 17.5. The molecule has 5 nitrogen and oxygen atoms in total. The molecule has 1 saturated heterocycles. The molecule has 1 aromatic carbocycles. The minimum atomic E-state index is -1.05. The Balaban J connectivity index is 1.93. The standard InChI is InChI=1S/C16H17NO4S2/c18-12-6-4-5-11(9-12)10-13-15(21)17(16(22)23-13)8-3-1-2-7-14(19)20/h4-6,9-10,18H,1-3,7-8H2,(H,19,20)/p-1/b13-10-. The smallest absolute Gasteiger partial charge is 0.266 e. The molecule has 23 heavy (non-hydrogen) atoms. The number of phenolic OH excluding ortho intramolecular Hbond substituents is 1. The van der Waals surface area contributed by atoms with E-state index in [1.807, 2.05) is 0 Å². The summed E-state index contributed by atoms with van der Waals surface area (Å²) in [5, 5.41) is 19.8. The van der Waals surface area contributed by atoms with Gasteiger partial charge in [-0.1, -0.05) is 42.5 Å². The fourth-order valence-electron chi connectivity index (χ4n) is 2.17. The molecule has 0 radical (unpaired) electrons. The fraction of sp³-hybridized carbons (Fsp3) is 0.312. The van der Waals surface area contributed by atoms with Gasteiger partial charge in [-0.3, -0.25) is 9.69 Å². The summed E-state index contributed by atoms with van der Waals surface area (Å²) in [5.41, 5.74) is 0.736. The summed E-state index contributed by atoms with van der Waals surface area (Å²) >= 11 is 6.46. The van der Waals surface area contributed by atoms with Crippen molar-refractivity contribution in [2.45, 2.75) is 25.7 Å². The van der Waals surface area contributed by atoms with Gasteiger partial charge in [0.25, 0.3) is 5.91 Å². The largest absolute Gasteiger partial charge is 0.550 e. The highest BCUT2D eigenvalue weighted by atomic mass is 32.2. The third-order valence-electron chi connectivity index (χ3n) is 3.30. The van der Waals surface area contributed by atoms with Crippen molar-refractivity contribution in [2.24, 2.45) is 0 Å². The summed E-state index contributed by atoms with van der Waals surface area (Å²) < 4.78 is 0.501. The van der Waals surface area contributed by atoms with Crippen molar-refractivity contribution in [3.8, 4) is 5.75 Å². The van der Waals surface area contributed by atoms with Gasteiger partial charge in [0.05, 0.1) is 4.91 Å². The van der Waals surface area contributed by atoms with Gasteiger partial charge >= 0.3 is 0 Å². The van der Waals surface area contributed by atoms with Gasteiger partial charge in [-0.05, 0) is 43.0 Å². The number of carbonyl (C=O) groups excluding carboxylic acids is 2. The van der Waals surface area contributed by atoms with Gasteiger partial charge < -0.3 is 15.0 Å². The van der Waals surface area contributed by atoms with Crippen molar-refractivity contribution in [1.82, 2.24) is 4.90 Å². The Morgan fingerprint density at radius 3 is 2.83 bits per heavy atom. The van der Waals surface area contributed by atoms with Crippen molar-refractivity contribution in [1.29, 1.82) is 0 Å². The molecule has 1 N–H and O–H groups in total. The summed E-state index contributed by atoms with van der Waals surface area (Å²) in [4.78, 5) is 24.8. The number of carboxylic acid groups (broad SMARTS) is 1. The molecule has 2 rings (SSSR count). The summed E-state index contributed by atoms with van der Waals surface area (Å²) in [7, 11) is 0. The van der Waals surface area contributed by atoms with Gasteiger partial charge in [-0.2, -0.15) is 0 Å². The highest BCUT2D eigenvalue weighted by Crippen LogP contribution is 2.33. The second-order valence-corrected chi connectivity index (χ2v) is 6.79. The lowest BCUT2D eigenvalue weighted by Gasteiger charge is -2.14. The van der Waals surface area contributed by atoms with Crippen LogP contribution in [0.3, 0.4) is 0 Å². The Hall–Kier alpha value is -1.86. The number of nitrogens with zero attached hydrogens (tertiary/aromatic N) is 1. The lowest BCUT2D eigenvalue weighted by Crippen LogP contribution is -2.29. The monoisotopic (exact) mass is 350 g/mol. The van der Waals surface area contributed by atoms with E-state index in [2.05, 4.69) is 0 Å². The van der Waals surface area contributed by atoms with Crippen LogP contribution in [-0.4, -0.2) is 32.7 Å². The van der Waals surface area contributed by atoms with E-state index >= 15 is 0 Å². The lowest BCUT2D eigenvalue weighted by molar-refractivity contribution is -0.305. The Morgan fingerprint density at radius 1 is 1.35 bits per heavy atom. The summed E-state index contributed by atoms with van der Waals surface area (Å²) in [5.74, 6) is -1.06. The molecule has 0 aliphatic carbocycles. The number of benzene rings is 1. The first-order valence-electron chi connectivity index (χ1n) is 7.21. The molecule has 0 saturated carbocycles. The van der Waals surface area contributed by atoms with Gasteiger partial charge in [0.1, 0.15) is 10.1 Å². The van der Waals surface area contributed by atoms with E-state index in [1.54, 1.807) is 30.3 Å². The number of amides is 1. The zero-order chi connectivity index (χ0) is 16.8. The van der Waals surface area contributed by atoms with E-state index in [9.17, 15) is 19.8 Å². The van der Waals surface area contributed by atoms with Crippen molar-refractivity contribution in [3.63, 3.8) is 0 Å². The van der Waals surface area contributed by atoms with Crippen molar-refractivity contribution >= 4 is 46.3 Å². The van der Waals surface area contributed by atoms with E-state index < -0.39 is 5.97 Å². The van der Waals surface area contributed by atoms with Crippen LogP contribution in [0, 0.1) is 0 Å². The molecule has 1 amide bonds. The molecule has 1 aliphatic heterocycles. The molecule has 1 aromatic rings. The van der Waals surface area contributed by atoms with Crippen LogP contribution in [0.1, 0.15) is 31.2 Å². The van der Waals surface area contributed by atoms with Crippen LogP contribution in [-0.2, 0) is 9.59 Å². The quantitative estimate of drug-likeness (QED) is 0.460. The van der Waals surface area contributed by atoms with Gasteiger partial charge in [0, 0.05) is 12.5 Å². The maximum absolute atomic E-state index is 12.4. The molecule has 122 valence electrons. The first-order chi connectivity index (χ1) is 11.0. The SMILES string of the molecule is O=C([O-])CCCCCN1C(=O)/C(=C/c2cccc(O)c2)SC1=S. The van der Waals surface area contributed by atoms with E-state index in [-0.39, 0.29) is 18.1 Å². The predicted octanol–water partition coefficient (Wildman–Crippen LogP) is 1.90. The number of unbranched alkanes of at least 4 members (excludes halogenated alkanes) is 2. The Labute approximate surface area is 144 Å². The number of carbonyl (C=O) groups is 2. The van der Waals surface area contributed by atoms with Gasteiger partial charge in [-0.15, -0.1) is 0 Å². The molecule has 1 aliphatic rings. The topological polar surface area (TPSA) is 80.7 Å². The first-order valence-corrected chi connectivity index (χ1v) is 8.44. The number of aromatic hydroxyl groups is 1. The maximum Gasteiger partial charge on any atom is 0.266 e. The summed E-state index contributed by atoms with van der Waals surface area (Å²) in [6.45, 7) is 0.481. The predicted molar refractivity (Wildman–Crippen MR) is 91.5 cm³/mol. The fourth-order valence-corrected chi connectivity index (χ4v) is 3.48. The number of hydrogen-bond acceptors (Lipinski definition) is 6. The molecule has 0 bridgehead atoms. The summed E-state index contributed by atoms with van der Waals surface area (Å²) in [6.07, 6.45) is 3.68. The van der Waals surface area contributed by atoms with E-state index in [1.165, 1.54) is 16.7 Å². The van der Waals surface area contributed by atoms with Crippen molar-refractivity contribution < 1.29 is 19.8 Å². The second kappa shape index (κ2) is 8.12. The summed E-state index contributed by atoms with van der Waals surface area (Å²) in [6, 6.07) is 6.65. The Kier molecular flexibility index (Phi) is 6.18. The third-order valence-corrected chi connectivity index (χ3v) is 4.68. The number of thiocarbonyl (C=S) groups is 1. The normalized spacial score (nSPS) is 16.3. The Bertz CT molecular complexity index is 657. The van der Waals surface area contributed by atoms with Crippen LogP contribution < -0.4 is 5.11 Å². The highest BCUT2D eigenvalue weighted by Gasteiger charge is 2.31. The lowest BCUT2D eigenvalue weighted by atomic mass is 10.2. The van der Waals surface area contributed by atoms with Crippen LogP contribution in [0.25, 0.3) is 6.08 Å². The van der Waals surface area contributed by atoms with Crippen LogP contribution in [0.4, 0.5) is 0 Å². The zero-order valence-corrected chi connectivity index (χ0v) is 14.0. The van der Waals surface area contributed by atoms with Gasteiger partial charge in [0.15, 0.2) is 0 Å². The van der Waals surface area contributed by atoms with E-state index in [0.717, 1.165) is 5.56 Å². The molecular weight excluding hydrogens is 334 g/mol. The third kappa shape index (κ3) is 5.07. The minimum absolute atomic E-state index is 0.0375. The number of rotatable bonds is 7. The minimum Gasteiger partial charge on any atom is -0.550 e. The van der Waals surface area contributed by atoms with Crippen LogP contribution >= 0.6 is 24.0 Å². The molecular formula is C16H16NO4S2-. The van der Waals surface area contributed by atoms with Crippen LogP contribution in [0.15, 0.2) is 29.2 Å². The van der Waals surface area contributed by atoms with Gasteiger partial charge in [-0.25, -0.2) is 0 Å². The molecule has 0 unspecified atom stereocenters. The van der Waals surface area contributed by atoms with Gasteiger partial charge in [0.2, 0.25) is 0 Å². The average molecular weight is 350 g/mol. The average Bonchev–Trinajstić information content (AvgIpc) is 2.74. The van der Waals surface area contributed by atoms with Crippen molar-refractivity contribution in [3.05, 3.63) is 34.7 Å². The second-order valence-electron chi connectivity index (χ2n) is 5.11. The molecule has 1 heterocycles. The maximum atomic E-state index is 12.4. The molecule has 0 atom stereocenters. The van der Waals surface area contributed by atoms with Crippen LogP contribution in [0.2, 0.25) is 0 Å². The zero-order valence-electron chi connectivity index (χ0n) is 12.4.